The second kappa shape index (κ2) is 4.64. The summed E-state index contributed by atoms with van der Waals surface area (Å²) in [6.07, 6.45) is 2.71. The maximum Gasteiger partial charge on any atom is 0.0783 e. The van der Waals surface area contributed by atoms with E-state index < -0.39 is 5.60 Å². The van der Waals surface area contributed by atoms with Gasteiger partial charge < -0.3 is 5.11 Å². The molecule has 1 saturated heterocycles. The molecule has 0 bridgehead atoms. The fourth-order valence-electron chi connectivity index (χ4n) is 1.76. The van der Waals surface area contributed by atoms with Gasteiger partial charge >= 0.3 is 0 Å². The Labute approximate surface area is 80.9 Å². The van der Waals surface area contributed by atoms with Crippen LogP contribution in [0.5, 0.6) is 0 Å². The van der Waals surface area contributed by atoms with Gasteiger partial charge in [0, 0.05) is 26.1 Å². The SMILES string of the molecule is CC#CCCN1CCC(O)(CC)C1. The van der Waals surface area contributed by atoms with E-state index in [4.69, 9.17) is 0 Å². The molecule has 1 aliphatic rings. The molecule has 0 aliphatic carbocycles. The standard InChI is InChI=1S/C11H19NO/c1-3-5-6-8-12-9-7-11(13,4-2)10-12/h13H,4,6-10H2,1-2H3. The predicted octanol–water partition coefficient (Wildman–Crippen LogP) is 1.25. The number of rotatable bonds is 3. The highest BCUT2D eigenvalue weighted by Gasteiger charge is 2.33. The second-order valence-corrected chi connectivity index (χ2v) is 3.78. The van der Waals surface area contributed by atoms with Gasteiger partial charge in [0.05, 0.1) is 5.60 Å². The van der Waals surface area contributed by atoms with E-state index in [1.165, 1.54) is 0 Å². The monoisotopic (exact) mass is 181 g/mol. The van der Waals surface area contributed by atoms with Crippen LogP contribution in [0.3, 0.4) is 0 Å². The average molecular weight is 181 g/mol. The van der Waals surface area contributed by atoms with E-state index in [9.17, 15) is 5.11 Å². The molecule has 0 aromatic rings. The van der Waals surface area contributed by atoms with Crippen LogP contribution in [-0.2, 0) is 0 Å². The van der Waals surface area contributed by atoms with Crippen molar-refractivity contribution in [3.63, 3.8) is 0 Å². The zero-order chi connectivity index (χ0) is 9.73. The highest BCUT2D eigenvalue weighted by atomic mass is 16.3. The number of likely N-dealkylation sites (tertiary alicyclic amines) is 1. The lowest BCUT2D eigenvalue weighted by molar-refractivity contribution is 0.0457. The summed E-state index contributed by atoms with van der Waals surface area (Å²) in [5.41, 5.74) is -0.417. The van der Waals surface area contributed by atoms with Gasteiger partial charge in [-0.1, -0.05) is 6.92 Å². The zero-order valence-corrected chi connectivity index (χ0v) is 8.64. The Hall–Kier alpha value is -0.520. The Balaban J connectivity index is 2.27. The quantitative estimate of drug-likeness (QED) is 0.662. The minimum absolute atomic E-state index is 0.417. The molecule has 1 unspecified atom stereocenters. The minimum Gasteiger partial charge on any atom is -0.389 e. The molecule has 0 saturated carbocycles. The molecule has 1 rings (SSSR count). The second-order valence-electron chi connectivity index (χ2n) is 3.78. The first-order chi connectivity index (χ1) is 6.20. The Morgan fingerprint density at radius 3 is 2.85 bits per heavy atom. The van der Waals surface area contributed by atoms with Crippen molar-refractivity contribution in [1.82, 2.24) is 4.90 Å². The molecule has 1 fully saturated rings. The molecule has 0 spiro atoms. The summed E-state index contributed by atoms with van der Waals surface area (Å²) in [6.45, 7) is 6.77. The van der Waals surface area contributed by atoms with E-state index in [-0.39, 0.29) is 0 Å². The van der Waals surface area contributed by atoms with Crippen LogP contribution in [0.15, 0.2) is 0 Å². The van der Waals surface area contributed by atoms with Gasteiger partial charge in [-0.25, -0.2) is 0 Å². The van der Waals surface area contributed by atoms with Gasteiger partial charge in [-0.2, -0.15) is 0 Å². The van der Waals surface area contributed by atoms with E-state index in [1.807, 2.05) is 6.92 Å². The lowest BCUT2D eigenvalue weighted by Crippen LogP contribution is -2.32. The lowest BCUT2D eigenvalue weighted by atomic mass is 10.0. The van der Waals surface area contributed by atoms with E-state index in [1.54, 1.807) is 0 Å². The first-order valence-corrected chi connectivity index (χ1v) is 5.04. The number of hydrogen-bond acceptors (Lipinski definition) is 2. The number of nitrogens with zero attached hydrogens (tertiary/aromatic N) is 1. The Bertz CT molecular complexity index is 216. The summed E-state index contributed by atoms with van der Waals surface area (Å²) < 4.78 is 0. The molecular formula is C11H19NO. The van der Waals surface area contributed by atoms with Crippen LogP contribution in [0.1, 0.15) is 33.1 Å². The highest BCUT2D eigenvalue weighted by molar-refractivity contribution is 4.97. The van der Waals surface area contributed by atoms with Crippen molar-refractivity contribution in [2.24, 2.45) is 0 Å². The molecule has 0 aromatic heterocycles. The maximum absolute atomic E-state index is 9.95. The fourth-order valence-corrected chi connectivity index (χ4v) is 1.76. The molecule has 74 valence electrons. The minimum atomic E-state index is -0.417. The smallest absolute Gasteiger partial charge is 0.0783 e. The fraction of sp³-hybridized carbons (Fsp3) is 0.818. The third-order valence-corrected chi connectivity index (χ3v) is 2.80. The van der Waals surface area contributed by atoms with E-state index in [0.717, 1.165) is 38.9 Å². The van der Waals surface area contributed by atoms with Crippen molar-refractivity contribution in [2.45, 2.75) is 38.7 Å². The number of hydrogen-bond donors (Lipinski definition) is 1. The molecule has 2 nitrogen and oxygen atoms in total. The molecule has 1 aliphatic heterocycles. The molecule has 1 atom stereocenters. The van der Waals surface area contributed by atoms with Crippen LogP contribution >= 0.6 is 0 Å². The average Bonchev–Trinajstić information content (AvgIpc) is 2.50. The summed E-state index contributed by atoms with van der Waals surface area (Å²) in [7, 11) is 0. The van der Waals surface area contributed by atoms with Gasteiger partial charge in [-0.15, -0.1) is 11.8 Å². The van der Waals surface area contributed by atoms with E-state index >= 15 is 0 Å². The van der Waals surface area contributed by atoms with Crippen molar-refractivity contribution in [3.8, 4) is 11.8 Å². The summed E-state index contributed by atoms with van der Waals surface area (Å²) in [5, 5.41) is 9.95. The largest absolute Gasteiger partial charge is 0.389 e. The molecule has 0 radical (unpaired) electrons. The van der Waals surface area contributed by atoms with Gasteiger partial charge in [0.15, 0.2) is 0 Å². The molecule has 13 heavy (non-hydrogen) atoms. The van der Waals surface area contributed by atoms with Crippen molar-refractivity contribution in [2.75, 3.05) is 19.6 Å². The summed E-state index contributed by atoms with van der Waals surface area (Å²) in [4.78, 5) is 2.30. The van der Waals surface area contributed by atoms with Gasteiger partial charge in [-0.3, -0.25) is 4.90 Å². The van der Waals surface area contributed by atoms with E-state index in [2.05, 4.69) is 23.7 Å². The Morgan fingerprint density at radius 2 is 2.31 bits per heavy atom. The van der Waals surface area contributed by atoms with Crippen molar-refractivity contribution in [1.29, 1.82) is 0 Å². The number of β-amino-alcohol motifs (C(OH)–C–C–N with tert-alkyl or cyclic N) is 1. The normalized spacial score (nSPS) is 28.5. The van der Waals surface area contributed by atoms with Crippen LogP contribution in [0, 0.1) is 11.8 Å². The molecule has 0 amide bonds. The van der Waals surface area contributed by atoms with Gasteiger partial charge in [0.1, 0.15) is 0 Å². The topological polar surface area (TPSA) is 23.5 Å². The Morgan fingerprint density at radius 1 is 1.54 bits per heavy atom. The maximum atomic E-state index is 9.95. The van der Waals surface area contributed by atoms with Crippen LogP contribution in [0.25, 0.3) is 0 Å². The first-order valence-electron chi connectivity index (χ1n) is 5.04. The highest BCUT2D eigenvalue weighted by Crippen LogP contribution is 2.23. The predicted molar refractivity (Wildman–Crippen MR) is 54.4 cm³/mol. The van der Waals surface area contributed by atoms with Crippen LogP contribution in [0.4, 0.5) is 0 Å². The molecular weight excluding hydrogens is 162 g/mol. The van der Waals surface area contributed by atoms with Gasteiger partial charge in [0.2, 0.25) is 0 Å². The molecule has 1 N–H and O–H groups in total. The number of aliphatic hydroxyl groups is 1. The molecule has 1 heterocycles. The van der Waals surface area contributed by atoms with Gasteiger partial charge in [-0.05, 0) is 19.8 Å². The van der Waals surface area contributed by atoms with Crippen LogP contribution in [0.2, 0.25) is 0 Å². The van der Waals surface area contributed by atoms with Gasteiger partial charge in [0.25, 0.3) is 0 Å². The van der Waals surface area contributed by atoms with E-state index in [0.29, 0.717) is 0 Å². The van der Waals surface area contributed by atoms with Crippen molar-refractivity contribution in [3.05, 3.63) is 0 Å². The summed E-state index contributed by atoms with van der Waals surface area (Å²) >= 11 is 0. The third-order valence-electron chi connectivity index (χ3n) is 2.80. The van der Waals surface area contributed by atoms with Crippen LogP contribution in [-0.4, -0.2) is 35.2 Å². The van der Waals surface area contributed by atoms with Crippen molar-refractivity contribution < 1.29 is 5.11 Å². The van der Waals surface area contributed by atoms with Crippen molar-refractivity contribution >= 4 is 0 Å². The first kappa shape index (κ1) is 10.6. The lowest BCUT2D eigenvalue weighted by Gasteiger charge is -2.20. The summed E-state index contributed by atoms with van der Waals surface area (Å²) in [6, 6.07) is 0. The molecule has 0 aromatic carbocycles. The summed E-state index contributed by atoms with van der Waals surface area (Å²) in [5.74, 6) is 5.93. The van der Waals surface area contributed by atoms with Crippen LogP contribution < -0.4 is 0 Å². The zero-order valence-electron chi connectivity index (χ0n) is 8.64. The third kappa shape index (κ3) is 3.02. The Kier molecular flexibility index (Phi) is 3.77. The molecule has 2 heteroatoms.